The van der Waals surface area contributed by atoms with Crippen LogP contribution in [0.5, 0.6) is 0 Å². The quantitative estimate of drug-likeness (QED) is 0.369. The third kappa shape index (κ3) is 5.46. The maximum Gasteiger partial charge on any atom is 0.230 e. The zero-order chi connectivity index (χ0) is 21.0. The van der Waals surface area contributed by atoms with Crippen molar-refractivity contribution in [3.05, 3.63) is 34.9 Å². The molecule has 2 aliphatic rings. The van der Waals surface area contributed by atoms with Gasteiger partial charge in [0.2, 0.25) is 5.91 Å². The Kier molecular flexibility index (Phi) is 8.97. The molecule has 1 aromatic carbocycles. The molecule has 0 bridgehead atoms. The second kappa shape index (κ2) is 10.8. The topological polar surface area (TPSA) is 57.2 Å². The molecule has 2 fully saturated rings. The summed E-state index contributed by atoms with van der Waals surface area (Å²) in [4.78, 5) is 21.4. The van der Waals surface area contributed by atoms with Crippen LogP contribution in [0.4, 0.5) is 0 Å². The largest absolute Gasteiger partial charge is 0.370 e. The number of nitrogens with one attached hydrogen (secondary N) is 1. The van der Waals surface area contributed by atoms with E-state index in [-0.39, 0.29) is 41.4 Å². The second-order valence-electron chi connectivity index (χ2n) is 8.75. The highest BCUT2D eigenvalue weighted by molar-refractivity contribution is 14.0. The summed E-state index contributed by atoms with van der Waals surface area (Å²) < 4.78 is 6.09. The normalized spacial score (nSPS) is 21.2. The fraction of sp³-hybridized carbons (Fsp3) is 0.652. The summed E-state index contributed by atoms with van der Waals surface area (Å²) in [5, 5.41) is 3.53. The first kappa shape index (κ1) is 24.9. The number of aliphatic imine (C=N–C) groups is 1. The van der Waals surface area contributed by atoms with E-state index in [1.807, 2.05) is 21.1 Å². The Bertz CT molecular complexity index is 760. The Balaban J connectivity index is 0.00000320. The average Bonchev–Trinajstić information content (AvgIpc) is 3.18. The molecule has 30 heavy (non-hydrogen) atoms. The standard InChI is InChI=1S/C23H36N4O2.HI/c1-17-8-9-19(18(2)14-17)20-15-27(12-13-29-20)22(24-3)25-16-23(10-6-7-11-23)21(28)26(4)5;/h8-9,14,20H,6-7,10-13,15-16H2,1-5H3,(H,24,25);1H. The van der Waals surface area contributed by atoms with Gasteiger partial charge in [0.05, 0.1) is 18.6 Å². The number of rotatable bonds is 4. The molecule has 1 saturated heterocycles. The highest BCUT2D eigenvalue weighted by Gasteiger charge is 2.42. The van der Waals surface area contributed by atoms with Crippen molar-refractivity contribution < 1.29 is 9.53 Å². The minimum atomic E-state index is -0.307. The molecule has 6 nitrogen and oxygen atoms in total. The van der Waals surface area contributed by atoms with E-state index in [2.05, 4.69) is 47.3 Å². The van der Waals surface area contributed by atoms with Gasteiger partial charge in [-0.1, -0.05) is 36.6 Å². The predicted molar refractivity (Wildman–Crippen MR) is 133 cm³/mol. The molecule has 1 N–H and O–H groups in total. The number of nitrogens with zero attached hydrogens (tertiary/aromatic N) is 3. The number of carbonyl (C=O) groups excluding carboxylic acids is 1. The van der Waals surface area contributed by atoms with Crippen LogP contribution in [0, 0.1) is 19.3 Å². The van der Waals surface area contributed by atoms with Gasteiger partial charge in [-0.25, -0.2) is 0 Å². The second-order valence-corrected chi connectivity index (χ2v) is 8.75. The predicted octanol–water partition coefficient (Wildman–Crippen LogP) is 3.52. The number of ether oxygens (including phenoxy) is 1. The Morgan fingerprint density at radius 1 is 1.30 bits per heavy atom. The van der Waals surface area contributed by atoms with Crippen molar-refractivity contribution in [2.45, 2.75) is 45.6 Å². The number of amides is 1. The van der Waals surface area contributed by atoms with Crippen LogP contribution in [0.15, 0.2) is 23.2 Å². The summed E-state index contributed by atoms with van der Waals surface area (Å²) in [5.41, 5.74) is 3.47. The van der Waals surface area contributed by atoms with Crippen molar-refractivity contribution in [2.75, 3.05) is 47.4 Å². The van der Waals surface area contributed by atoms with Crippen LogP contribution in [-0.2, 0) is 9.53 Å². The average molecular weight is 528 g/mol. The zero-order valence-corrected chi connectivity index (χ0v) is 21.4. The van der Waals surface area contributed by atoms with Crippen LogP contribution in [-0.4, -0.2) is 69.1 Å². The maximum absolute atomic E-state index is 12.9. The zero-order valence-electron chi connectivity index (χ0n) is 19.0. The molecule has 1 atom stereocenters. The summed E-state index contributed by atoms with van der Waals surface area (Å²) in [6.07, 6.45) is 4.16. The van der Waals surface area contributed by atoms with Crippen LogP contribution < -0.4 is 5.32 Å². The molecule has 1 aromatic rings. The Morgan fingerprint density at radius 3 is 2.60 bits per heavy atom. The van der Waals surface area contributed by atoms with E-state index >= 15 is 0 Å². The number of halogens is 1. The van der Waals surface area contributed by atoms with Gasteiger partial charge in [-0.15, -0.1) is 24.0 Å². The molecule has 3 rings (SSSR count). The Morgan fingerprint density at radius 2 is 2.00 bits per heavy atom. The summed E-state index contributed by atoms with van der Waals surface area (Å²) >= 11 is 0. The number of benzene rings is 1. The molecule has 0 radical (unpaired) electrons. The van der Waals surface area contributed by atoms with E-state index < -0.39 is 0 Å². The van der Waals surface area contributed by atoms with E-state index in [0.29, 0.717) is 13.2 Å². The van der Waals surface area contributed by atoms with Gasteiger partial charge < -0.3 is 19.9 Å². The number of guanidine groups is 1. The molecule has 168 valence electrons. The molecule has 1 unspecified atom stereocenters. The highest BCUT2D eigenvalue weighted by Crippen LogP contribution is 2.39. The SMILES string of the molecule is CN=C(NCC1(C(=O)N(C)C)CCCC1)N1CCOC(c2ccc(C)cc2C)C1.I. The van der Waals surface area contributed by atoms with E-state index in [1.54, 1.807) is 4.90 Å². The summed E-state index contributed by atoms with van der Waals surface area (Å²) in [6, 6.07) is 6.54. The van der Waals surface area contributed by atoms with Crippen LogP contribution >= 0.6 is 24.0 Å². The number of hydrogen-bond acceptors (Lipinski definition) is 3. The van der Waals surface area contributed by atoms with Gasteiger partial charge in [-0.05, 0) is 37.8 Å². The lowest BCUT2D eigenvalue weighted by molar-refractivity contribution is -0.138. The summed E-state index contributed by atoms with van der Waals surface area (Å²) in [5.74, 6) is 1.09. The van der Waals surface area contributed by atoms with Crippen LogP contribution in [0.25, 0.3) is 0 Å². The molecule has 1 heterocycles. The molecular weight excluding hydrogens is 491 g/mol. The smallest absolute Gasteiger partial charge is 0.230 e. The van der Waals surface area contributed by atoms with Crippen molar-refractivity contribution >= 4 is 35.8 Å². The van der Waals surface area contributed by atoms with Gasteiger partial charge in [0.25, 0.3) is 0 Å². The molecule has 0 spiro atoms. The van der Waals surface area contributed by atoms with Crippen molar-refractivity contribution in [1.29, 1.82) is 0 Å². The van der Waals surface area contributed by atoms with Crippen molar-refractivity contribution in [3.63, 3.8) is 0 Å². The lowest BCUT2D eigenvalue weighted by Gasteiger charge is -2.37. The van der Waals surface area contributed by atoms with Crippen LogP contribution in [0.2, 0.25) is 0 Å². The van der Waals surface area contributed by atoms with Gasteiger partial charge in [0.15, 0.2) is 5.96 Å². The summed E-state index contributed by atoms with van der Waals surface area (Å²) in [7, 11) is 5.53. The molecule has 1 aliphatic heterocycles. The van der Waals surface area contributed by atoms with Crippen molar-refractivity contribution in [1.82, 2.24) is 15.1 Å². The van der Waals surface area contributed by atoms with E-state index in [4.69, 9.17) is 4.74 Å². The Labute approximate surface area is 198 Å². The fourth-order valence-corrected chi connectivity index (χ4v) is 4.79. The minimum Gasteiger partial charge on any atom is -0.370 e. The van der Waals surface area contributed by atoms with Crippen molar-refractivity contribution in [2.24, 2.45) is 10.4 Å². The van der Waals surface area contributed by atoms with Gasteiger partial charge in [-0.2, -0.15) is 0 Å². The lowest BCUT2D eigenvalue weighted by atomic mass is 9.84. The van der Waals surface area contributed by atoms with Crippen LogP contribution in [0.3, 0.4) is 0 Å². The minimum absolute atomic E-state index is 0. The number of hydrogen-bond donors (Lipinski definition) is 1. The molecule has 1 amide bonds. The molecule has 1 saturated carbocycles. The molecule has 0 aromatic heterocycles. The van der Waals surface area contributed by atoms with Crippen LogP contribution in [0.1, 0.15) is 48.5 Å². The van der Waals surface area contributed by atoms with Gasteiger partial charge >= 0.3 is 0 Å². The van der Waals surface area contributed by atoms with Gasteiger partial charge in [-0.3, -0.25) is 9.79 Å². The van der Waals surface area contributed by atoms with Gasteiger partial charge in [0, 0.05) is 34.2 Å². The first-order chi connectivity index (χ1) is 13.9. The fourth-order valence-electron chi connectivity index (χ4n) is 4.79. The summed E-state index contributed by atoms with van der Waals surface area (Å²) in [6.45, 7) is 7.13. The van der Waals surface area contributed by atoms with Crippen molar-refractivity contribution in [3.8, 4) is 0 Å². The van der Waals surface area contributed by atoms with E-state index in [0.717, 1.165) is 44.7 Å². The Hall–Kier alpha value is -1.35. The van der Waals surface area contributed by atoms with E-state index in [9.17, 15) is 4.79 Å². The lowest BCUT2D eigenvalue weighted by Crippen LogP contribution is -2.52. The highest BCUT2D eigenvalue weighted by atomic mass is 127. The number of carbonyl (C=O) groups is 1. The first-order valence-corrected chi connectivity index (χ1v) is 10.7. The molecular formula is C23H37IN4O2. The first-order valence-electron chi connectivity index (χ1n) is 10.7. The maximum atomic E-state index is 12.9. The third-order valence-electron chi connectivity index (χ3n) is 6.36. The monoisotopic (exact) mass is 528 g/mol. The number of morpholine rings is 1. The van der Waals surface area contributed by atoms with E-state index in [1.165, 1.54) is 16.7 Å². The molecule has 7 heteroatoms. The third-order valence-corrected chi connectivity index (χ3v) is 6.36. The van der Waals surface area contributed by atoms with Gasteiger partial charge in [0.1, 0.15) is 6.10 Å². The number of aryl methyl sites for hydroxylation is 2. The molecule has 1 aliphatic carbocycles.